The Morgan fingerprint density at radius 3 is 2.69 bits per heavy atom. The number of aromatic nitrogens is 1. The van der Waals surface area contributed by atoms with Gasteiger partial charge in [-0.15, -0.1) is 0 Å². The number of esters is 1. The number of fused-ring (bicyclic) bond motifs is 4. The van der Waals surface area contributed by atoms with Crippen molar-refractivity contribution in [1.29, 1.82) is 0 Å². The quantitative estimate of drug-likeness (QED) is 0.505. The Kier molecular flexibility index (Phi) is 5.59. The number of carbonyl (C=O) groups is 3. The monoisotopic (exact) mass is 494 g/mol. The number of hydrogen-bond donors (Lipinski definition) is 1. The van der Waals surface area contributed by atoms with Crippen LogP contribution in [0.3, 0.4) is 0 Å². The van der Waals surface area contributed by atoms with Gasteiger partial charge in [0, 0.05) is 11.9 Å². The lowest BCUT2D eigenvalue weighted by Crippen LogP contribution is -2.51. The first-order valence-electron chi connectivity index (χ1n) is 12.3. The molecular weight excluding hydrogens is 464 g/mol. The number of aryl methyl sites for hydroxylation is 1. The van der Waals surface area contributed by atoms with E-state index in [0.29, 0.717) is 41.8 Å². The van der Waals surface area contributed by atoms with Gasteiger partial charge in [-0.25, -0.2) is 9.59 Å². The third kappa shape index (κ3) is 3.73. The summed E-state index contributed by atoms with van der Waals surface area (Å²) in [7, 11) is 0. The zero-order valence-corrected chi connectivity index (χ0v) is 21.1. The SMILES string of the molecule is CCc1c2c(nc3ccc(OC(=O)OC(C)(C)C)cc13)C1CC3=C(COC(=O)C3(O)CC)C(=O)N1C2. The summed E-state index contributed by atoms with van der Waals surface area (Å²) in [5, 5.41) is 11.9. The second-order valence-corrected chi connectivity index (χ2v) is 10.5. The first-order valence-corrected chi connectivity index (χ1v) is 12.3. The molecule has 2 atom stereocenters. The van der Waals surface area contributed by atoms with Crippen molar-refractivity contribution in [3.63, 3.8) is 0 Å². The molecule has 1 N–H and O–H groups in total. The standard InChI is InChI=1S/C27H30N2O7/c1-6-15-16-10-14(35-25(32)36-26(3,4)5)8-9-20(16)28-22-17(15)12-29-21(22)11-19-18(23(29)30)13-34-24(31)27(19,33)7-2/h8-10,21,33H,6-7,11-13H2,1-5H3. The van der Waals surface area contributed by atoms with Crippen LogP contribution in [0.1, 0.15) is 70.3 Å². The molecule has 1 amide bonds. The molecule has 2 unspecified atom stereocenters. The smallest absolute Gasteiger partial charge is 0.458 e. The van der Waals surface area contributed by atoms with Crippen molar-refractivity contribution in [2.24, 2.45) is 0 Å². The van der Waals surface area contributed by atoms with Gasteiger partial charge in [0.15, 0.2) is 5.60 Å². The summed E-state index contributed by atoms with van der Waals surface area (Å²) < 4.78 is 15.8. The molecule has 190 valence electrons. The van der Waals surface area contributed by atoms with Crippen molar-refractivity contribution in [3.8, 4) is 5.75 Å². The second kappa shape index (κ2) is 8.30. The molecule has 0 saturated carbocycles. The van der Waals surface area contributed by atoms with Crippen molar-refractivity contribution in [3.05, 3.63) is 46.2 Å². The van der Waals surface area contributed by atoms with Crippen LogP contribution in [-0.4, -0.2) is 50.8 Å². The molecule has 4 heterocycles. The summed E-state index contributed by atoms with van der Waals surface area (Å²) in [4.78, 5) is 44.7. The lowest BCUT2D eigenvalue weighted by molar-refractivity contribution is -0.165. The van der Waals surface area contributed by atoms with Crippen molar-refractivity contribution in [2.75, 3.05) is 6.61 Å². The van der Waals surface area contributed by atoms with Crippen LogP contribution in [0.5, 0.6) is 5.75 Å². The van der Waals surface area contributed by atoms with E-state index in [1.165, 1.54) is 0 Å². The highest BCUT2D eigenvalue weighted by Gasteiger charge is 2.52. The molecule has 0 radical (unpaired) electrons. The fourth-order valence-corrected chi connectivity index (χ4v) is 5.43. The van der Waals surface area contributed by atoms with E-state index >= 15 is 0 Å². The molecule has 3 aliphatic rings. The first-order chi connectivity index (χ1) is 17.0. The number of cyclic esters (lactones) is 1. The maximum absolute atomic E-state index is 13.5. The number of aliphatic hydroxyl groups is 1. The third-order valence-electron chi connectivity index (χ3n) is 7.15. The van der Waals surface area contributed by atoms with Gasteiger partial charge in [0.25, 0.3) is 5.91 Å². The summed E-state index contributed by atoms with van der Waals surface area (Å²) in [6.45, 7) is 9.28. The van der Waals surface area contributed by atoms with Gasteiger partial charge in [0.2, 0.25) is 0 Å². The molecule has 0 aliphatic carbocycles. The predicted molar refractivity (Wildman–Crippen MR) is 129 cm³/mol. The maximum atomic E-state index is 13.5. The van der Waals surface area contributed by atoms with Crippen molar-refractivity contribution < 1.29 is 33.7 Å². The molecule has 0 saturated heterocycles. The van der Waals surface area contributed by atoms with E-state index in [1.54, 1.807) is 50.8 Å². The molecule has 0 spiro atoms. The molecule has 1 aromatic carbocycles. The van der Waals surface area contributed by atoms with E-state index in [-0.39, 0.29) is 25.0 Å². The van der Waals surface area contributed by atoms with E-state index < -0.39 is 23.3 Å². The lowest BCUT2D eigenvalue weighted by atomic mass is 9.79. The minimum Gasteiger partial charge on any atom is -0.458 e. The largest absolute Gasteiger partial charge is 0.514 e. The highest BCUT2D eigenvalue weighted by molar-refractivity contribution is 6.01. The van der Waals surface area contributed by atoms with E-state index in [2.05, 4.69) is 0 Å². The van der Waals surface area contributed by atoms with E-state index in [4.69, 9.17) is 19.2 Å². The molecule has 0 bridgehead atoms. The number of ether oxygens (including phenoxy) is 3. The number of benzene rings is 1. The Hall–Kier alpha value is -3.46. The molecule has 9 heteroatoms. The summed E-state index contributed by atoms with van der Waals surface area (Å²) in [5.74, 6) is -0.596. The van der Waals surface area contributed by atoms with Crippen molar-refractivity contribution in [1.82, 2.24) is 9.88 Å². The third-order valence-corrected chi connectivity index (χ3v) is 7.15. The highest BCUT2D eigenvalue weighted by atomic mass is 16.7. The van der Waals surface area contributed by atoms with Crippen LogP contribution < -0.4 is 4.74 Å². The average molecular weight is 495 g/mol. The average Bonchev–Trinajstić information content (AvgIpc) is 3.17. The number of amides is 1. The highest BCUT2D eigenvalue weighted by Crippen LogP contribution is 2.48. The van der Waals surface area contributed by atoms with Gasteiger partial charge in [-0.1, -0.05) is 13.8 Å². The number of carbonyl (C=O) groups excluding carboxylic acids is 3. The second-order valence-electron chi connectivity index (χ2n) is 10.5. The van der Waals surface area contributed by atoms with Gasteiger partial charge >= 0.3 is 12.1 Å². The van der Waals surface area contributed by atoms with E-state index in [9.17, 15) is 19.5 Å². The molecule has 1 aromatic heterocycles. The summed E-state index contributed by atoms with van der Waals surface area (Å²) in [6, 6.07) is 4.85. The fourth-order valence-electron chi connectivity index (χ4n) is 5.43. The van der Waals surface area contributed by atoms with Gasteiger partial charge in [-0.2, -0.15) is 0 Å². The van der Waals surface area contributed by atoms with Crippen LogP contribution in [0.4, 0.5) is 4.79 Å². The molecule has 2 aromatic rings. The van der Waals surface area contributed by atoms with Crippen molar-refractivity contribution in [2.45, 2.75) is 77.7 Å². The summed E-state index contributed by atoms with van der Waals surface area (Å²) in [5.41, 5.74) is 1.79. The number of hydrogen-bond acceptors (Lipinski definition) is 8. The predicted octanol–water partition coefficient (Wildman–Crippen LogP) is 3.89. The van der Waals surface area contributed by atoms with Crippen LogP contribution in [-0.2, 0) is 32.0 Å². The van der Waals surface area contributed by atoms with Crippen LogP contribution in [0.15, 0.2) is 29.3 Å². The van der Waals surface area contributed by atoms with Crippen LogP contribution in [0.2, 0.25) is 0 Å². The van der Waals surface area contributed by atoms with Gasteiger partial charge in [0.05, 0.1) is 22.8 Å². The fraction of sp³-hybridized carbons (Fsp3) is 0.481. The Morgan fingerprint density at radius 2 is 2.03 bits per heavy atom. The molecule has 5 rings (SSSR count). The van der Waals surface area contributed by atoms with E-state index in [0.717, 1.165) is 22.2 Å². The minimum atomic E-state index is -1.80. The van der Waals surface area contributed by atoms with Crippen LogP contribution in [0.25, 0.3) is 10.9 Å². The zero-order chi connectivity index (χ0) is 26.0. The normalized spacial score (nSPS) is 23.3. The number of nitrogens with zero attached hydrogens (tertiary/aromatic N) is 2. The zero-order valence-electron chi connectivity index (χ0n) is 21.1. The first kappa shape index (κ1) is 24.2. The van der Waals surface area contributed by atoms with Gasteiger partial charge in [0.1, 0.15) is 18.0 Å². The Labute approximate surface area is 209 Å². The number of pyridine rings is 1. The van der Waals surface area contributed by atoms with Gasteiger partial charge < -0.3 is 24.2 Å². The maximum Gasteiger partial charge on any atom is 0.514 e. The summed E-state index contributed by atoms with van der Waals surface area (Å²) >= 11 is 0. The number of rotatable bonds is 3. The van der Waals surface area contributed by atoms with Gasteiger partial charge in [-0.05, 0) is 74.9 Å². The minimum absolute atomic E-state index is 0.128. The Balaban J connectivity index is 1.54. The van der Waals surface area contributed by atoms with Crippen LogP contribution >= 0.6 is 0 Å². The van der Waals surface area contributed by atoms with Crippen molar-refractivity contribution >= 4 is 28.9 Å². The Bertz CT molecular complexity index is 1340. The molecular formula is C27H30N2O7. The summed E-state index contributed by atoms with van der Waals surface area (Å²) in [6.07, 6.45) is 0.353. The van der Waals surface area contributed by atoms with Gasteiger partial charge in [-0.3, -0.25) is 9.78 Å². The van der Waals surface area contributed by atoms with E-state index in [1.807, 2.05) is 6.92 Å². The molecule has 36 heavy (non-hydrogen) atoms. The molecule has 0 fully saturated rings. The lowest BCUT2D eigenvalue weighted by Gasteiger charge is -2.41. The van der Waals surface area contributed by atoms with Crippen LogP contribution in [0, 0.1) is 0 Å². The molecule has 9 nitrogen and oxygen atoms in total. The topological polar surface area (TPSA) is 115 Å². The molecule has 3 aliphatic heterocycles. The Morgan fingerprint density at radius 1 is 1.28 bits per heavy atom.